The minimum absolute atomic E-state index is 0.0328. The van der Waals surface area contributed by atoms with Gasteiger partial charge in [-0.2, -0.15) is 5.10 Å². The molecule has 8 nitrogen and oxygen atoms in total. The number of benzene rings is 1. The van der Waals surface area contributed by atoms with Gasteiger partial charge in [0.25, 0.3) is 5.91 Å². The number of fused-ring (bicyclic) bond motifs is 1. The van der Waals surface area contributed by atoms with Crippen LogP contribution >= 0.6 is 11.3 Å². The summed E-state index contributed by atoms with van der Waals surface area (Å²) in [7, 11) is -3.09. The van der Waals surface area contributed by atoms with E-state index >= 15 is 0 Å². The number of anilines is 1. The second-order valence-corrected chi connectivity index (χ2v) is 12.6. The molecule has 1 aromatic carbocycles. The Bertz CT molecular complexity index is 1520. The van der Waals surface area contributed by atoms with Crippen LogP contribution in [0.2, 0.25) is 0 Å². The molecule has 0 aliphatic carbocycles. The van der Waals surface area contributed by atoms with Crippen molar-refractivity contribution < 1.29 is 13.2 Å². The molecule has 0 spiro atoms. The first-order valence-corrected chi connectivity index (χ1v) is 14.8. The maximum atomic E-state index is 13.9. The molecule has 186 valence electrons. The molecular formula is C26H27N5O3S2. The van der Waals surface area contributed by atoms with Crippen LogP contribution in [-0.4, -0.2) is 71.7 Å². The average Bonchev–Trinajstić information content (AvgIpc) is 3.63. The third-order valence-electron chi connectivity index (χ3n) is 7.08. The van der Waals surface area contributed by atoms with Crippen LogP contribution in [0.1, 0.15) is 28.5 Å². The van der Waals surface area contributed by atoms with Gasteiger partial charge in [0.2, 0.25) is 0 Å². The molecule has 4 aromatic rings. The third-order valence-corrected chi connectivity index (χ3v) is 9.73. The number of piperazine rings is 1. The second kappa shape index (κ2) is 9.01. The number of hydrogen-bond acceptors (Lipinski definition) is 7. The molecule has 0 N–H and O–H groups in total. The molecule has 3 aromatic heterocycles. The molecule has 2 fully saturated rings. The fourth-order valence-corrected chi connectivity index (χ4v) is 7.61. The van der Waals surface area contributed by atoms with E-state index in [9.17, 15) is 13.2 Å². The summed E-state index contributed by atoms with van der Waals surface area (Å²) in [5, 5.41) is 7.42. The van der Waals surface area contributed by atoms with Crippen molar-refractivity contribution in [1.29, 1.82) is 0 Å². The molecule has 0 bridgehead atoms. The predicted molar refractivity (Wildman–Crippen MR) is 142 cm³/mol. The van der Waals surface area contributed by atoms with Crippen LogP contribution in [0.3, 0.4) is 0 Å². The molecule has 2 aliphatic heterocycles. The van der Waals surface area contributed by atoms with Crippen molar-refractivity contribution in [3.63, 3.8) is 0 Å². The minimum Gasteiger partial charge on any atom is -0.368 e. The van der Waals surface area contributed by atoms with Gasteiger partial charge in [0.05, 0.1) is 44.8 Å². The number of aromatic nitrogens is 3. The van der Waals surface area contributed by atoms with E-state index in [2.05, 4.69) is 17.0 Å². The summed E-state index contributed by atoms with van der Waals surface area (Å²) >= 11 is 1.56. The van der Waals surface area contributed by atoms with Gasteiger partial charge in [-0.25, -0.2) is 18.1 Å². The van der Waals surface area contributed by atoms with E-state index in [1.54, 1.807) is 16.0 Å². The predicted octanol–water partition coefficient (Wildman–Crippen LogP) is 3.79. The molecule has 1 amide bonds. The van der Waals surface area contributed by atoms with E-state index in [0.29, 0.717) is 42.1 Å². The van der Waals surface area contributed by atoms with Crippen molar-refractivity contribution >= 4 is 43.8 Å². The summed E-state index contributed by atoms with van der Waals surface area (Å²) in [4.78, 5) is 24.0. The number of para-hydroxylation sites is 1. The Morgan fingerprint density at radius 2 is 1.83 bits per heavy atom. The lowest BCUT2D eigenvalue weighted by Gasteiger charge is -2.36. The molecule has 2 saturated heterocycles. The molecule has 10 heteroatoms. The van der Waals surface area contributed by atoms with Crippen LogP contribution in [0.15, 0.2) is 53.9 Å². The lowest BCUT2D eigenvalue weighted by molar-refractivity contribution is 0.0748. The Morgan fingerprint density at radius 1 is 1.06 bits per heavy atom. The number of aryl methyl sites for hydroxylation is 1. The van der Waals surface area contributed by atoms with Crippen LogP contribution in [0, 0.1) is 6.92 Å². The number of nitrogens with zero attached hydrogens (tertiary/aromatic N) is 5. The van der Waals surface area contributed by atoms with Crippen molar-refractivity contribution in [1.82, 2.24) is 19.7 Å². The summed E-state index contributed by atoms with van der Waals surface area (Å²) in [5.41, 5.74) is 3.75. The highest BCUT2D eigenvalue weighted by Gasteiger charge is 2.33. The Balaban J connectivity index is 1.38. The van der Waals surface area contributed by atoms with Crippen LogP contribution in [0.4, 0.5) is 5.69 Å². The highest BCUT2D eigenvalue weighted by Crippen LogP contribution is 2.34. The Labute approximate surface area is 214 Å². The number of amides is 1. The summed E-state index contributed by atoms with van der Waals surface area (Å²) in [6.07, 6.45) is 0.508. The number of hydrogen-bond donors (Lipinski definition) is 0. The number of thiophene rings is 1. The first kappa shape index (κ1) is 23.2. The number of pyridine rings is 1. The largest absolute Gasteiger partial charge is 0.368 e. The zero-order valence-corrected chi connectivity index (χ0v) is 21.6. The third kappa shape index (κ3) is 4.18. The van der Waals surface area contributed by atoms with Crippen LogP contribution < -0.4 is 4.90 Å². The number of rotatable bonds is 4. The molecule has 0 radical (unpaired) electrons. The molecule has 1 unspecified atom stereocenters. The van der Waals surface area contributed by atoms with E-state index in [0.717, 1.165) is 23.4 Å². The quantitative estimate of drug-likeness (QED) is 0.406. The topological polar surface area (TPSA) is 88.4 Å². The summed E-state index contributed by atoms with van der Waals surface area (Å²) < 4.78 is 26.1. The van der Waals surface area contributed by atoms with Crippen LogP contribution in [0.25, 0.3) is 21.6 Å². The van der Waals surface area contributed by atoms with Gasteiger partial charge in [0, 0.05) is 31.9 Å². The van der Waals surface area contributed by atoms with Gasteiger partial charge in [-0.05, 0) is 43.0 Å². The molecule has 36 heavy (non-hydrogen) atoms. The molecular weight excluding hydrogens is 494 g/mol. The summed E-state index contributed by atoms with van der Waals surface area (Å²) in [6, 6.07) is 15.8. The Morgan fingerprint density at radius 3 is 2.50 bits per heavy atom. The van der Waals surface area contributed by atoms with Gasteiger partial charge in [-0.1, -0.05) is 24.3 Å². The van der Waals surface area contributed by atoms with Crippen LogP contribution in [-0.2, 0) is 9.84 Å². The maximum Gasteiger partial charge on any atom is 0.254 e. The number of sulfone groups is 1. The van der Waals surface area contributed by atoms with Crippen molar-refractivity contribution in [3.8, 4) is 10.6 Å². The lowest BCUT2D eigenvalue weighted by Crippen LogP contribution is -2.48. The Kier molecular flexibility index (Phi) is 5.80. The Hall–Kier alpha value is -3.24. The van der Waals surface area contributed by atoms with Gasteiger partial charge in [-0.3, -0.25) is 4.79 Å². The van der Waals surface area contributed by atoms with Crippen LogP contribution in [0.5, 0.6) is 0 Å². The van der Waals surface area contributed by atoms with Gasteiger partial charge < -0.3 is 9.80 Å². The monoisotopic (exact) mass is 521 g/mol. The van der Waals surface area contributed by atoms with Crippen molar-refractivity contribution in [3.05, 3.63) is 65.2 Å². The minimum atomic E-state index is -3.09. The van der Waals surface area contributed by atoms with Gasteiger partial charge in [-0.15, -0.1) is 11.3 Å². The van der Waals surface area contributed by atoms with E-state index in [4.69, 9.17) is 10.1 Å². The van der Waals surface area contributed by atoms with E-state index < -0.39 is 9.84 Å². The normalized spacial score (nSPS) is 19.8. The van der Waals surface area contributed by atoms with Gasteiger partial charge >= 0.3 is 0 Å². The molecule has 2 aliphatic rings. The zero-order valence-electron chi connectivity index (χ0n) is 20.0. The molecule has 6 rings (SSSR count). The lowest BCUT2D eigenvalue weighted by atomic mass is 10.1. The summed E-state index contributed by atoms with van der Waals surface area (Å²) in [6.45, 7) is 4.65. The van der Waals surface area contributed by atoms with Crippen molar-refractivity contribution in [2.75, 3.05) is 42.6 Å². The van der Waals surface area contributed by atoms with Crippen molar-refractivity contribution in [2.24, 2.45) is 0 Å². The van der Waals surface area contributed by atoms with Gasteiger partial charge in [0.15, 0.2) is 15.5 Å². The molecule has 0 saturated carbocycles. The molecule has 5 heterocycles. The van der Waals surface area contributed by atoms with Crippen molar-refractivity contribution in [2.45, 2.75) is 19.4 Å². The van der Waals surface area contributed by atoms with E-state index in [1.165, 1.54) is 5.69 Å². The summed E-state index contributed by atoms with van der Waals surface area (Å²) in [5.74, 6) is 0.175. The SMILES string of the molecule is Cc1nn(C2CCS(=O)(=O)C2)c2nc(-c3cccs3)cc(C(=O)N3CCN(c4ccccc4)CC3)c12. The second-order valence-electron chi connectivity index (χ2n) is 9.43. The first-order chi connectivity index (χ1) is 17.4. The molecule has 1 atom stereocenters. The zero-order chi connectivity index (χ0) is 24.9. The highest BCUT2D eigenvalue weighted by atomic mass is 32.2. The number of carbonyl (C=O) groups excluding carboxylic acids is 1. The maximum absolute atomic E-state index is 13.9. The fourth-order valence-electron chi connectivity index (χ4n) is 5.23. The fraction of sp³-hybridized carbons (Fsp3) is 0.346. The first-order valence-electron chi connectivity index (χ1n) is 12.1. The van der Waals surface area contributed by atoms with E-state index in [1.807, 2.05) is 53.6 Å². The standard InChI is InChI=1S/C26H27N5O3S2/c1-18-24-21(26(32)30-12-10-29(11-13-30)19-6-3-2-4-7-19)16-22(23-8-5-14-35-23)27-25(24)31(28-18)20-9-15-36(33,34)17-20/h2-8,14,16,20H,9-13,15,17H2,1H3. The smallest absolute Gasteiger partial charge is 0.254 e. The highest BCUT2D eigenvalue weighted by molar-refractivity contribution is 7.91. The van der Waals surface area contributed by atoms with Gasteiger partial charge in [0.1, 0.15) is 0 Å². The average molecular weight is 522 g/mol. The van der Waals surface area contributed by atoms with E-state index in [-0.39, 0.29) is 23.5 Å². The number of carbonyl (C=O) groups is 1.